The van der Waals surface area contributed by atoms with E-state index < -0.39 is 0 Å². The summed E-state index contributed by atoms with van der Waals surface area (Å²) in [5.74, 6) is 0.834. The topological polar surface area (TPSA) is 3.24 Å². The van der Waals surface area contributed by atoms with Crippen LogP contribution in [0.15, 0.2) is 0 Å². The van der Waals surface area contributed by atoms with Gasteiger partial charge in [-0.1, -0.05) is 0 Å². The zero-order chi connectivity index (χ0) is 37.5. The lowest BCUT2D eigenvalue weighted by molar-refractivity contribution is 0.227. The molecule has 2 spiro atoms. The molecule has 0 radical (unpaired) electrons. The summed E-state index contributed by atoms with van der Waals surface area (Å²) < 4.78 is 0. The molecule has 1 saturated heterocycles. The fourth-order valence-electron chi connectivity index (χ4n) is 25.8. The predicted octanol–water partition coefficient (Wildman–Crippen LogP) is 15.8. The molecule has 26 aromatic rings. The SMILES string of the molecule is CN1CC23c4c5c6c7c8c9c(c%10c%11c%12c%13c%14c%15c(c%16c4c4c%17c5c5c7c7c8c8c(c9%11)c9c%12c%11c%13c%12c%15c%13c%16c4c4c%15c%17c5c5c7c7c8c9c8c%11c9c%12c%13c4c4c%15c5c7c8c94)C2(C1)C%10%14)C63. The van der Waals surface area contributed by atoms with E-state index in [4.69, 9.17) is 0 Å². The summed E-state index contributed by atoms with van der Waals surface area (Å²) in [6, 6.07) is 0. The van der Waals surface area contributed by atoms with Gasteiger partial charge in [-0.25, -0.2) is 0 Å². The quantitative estimate of drug-likeness (QED) is 0.139. The van der Waals surface area contributed by atoms with Crippen molar-refractivity contribution in [1.82, 2.24) is 4.90 Å². The number of likely N-dealkylation sites (N-methyl/N-ethyl adjacent to an activating group) is 1. The molecule has 1 aliphatic heterocycles. The van der Waals surface area contributed by atoms with Crippen LogP contribution < -0.4 is 0 Å². The van der Waals surface area contributed by atoms with Crippen LogP contribution in [0.1, 0.15) is 45.2 Å². The predicted molar refractivity (Wildman–Crippen MR) is 268 cm³/mol. The Hall–Kier alpha value is -7.32. The maximum atomic E-state index is 2.91. The van der Waals surface area contributed by atoms with Gasteiger partial charge in [0.15, 0.2) is 0 Å². The third-order valence-corrected chi connectivity index (χ3v) is 25.3. The molecule has 64 heavy (non-hydrogen) atoms. The molecule has 266 valence electrons. The zero-order valence-electron chi connectivity index (χ0n) is 33.0. The van der Waals surface area contributed by atoms with Gasteiger partial charge in [-0.15, -0.1) is 0 Å². The third kappa shape index (κ3) is 1.12. The highest BCUT2D eigenvalue weighted by Crippen LogP contribution is 2.88. The minimum absolute atomic E-state index is 0.0163. The lowest BCUT2D eigenvalue weighted by Gasteiger charge is -2.56. The molecule has 0 amide bonds. The first-order chi connectivity index (χ1) is 31.8. The summed E-state index contributed by atoms with van der Waals surface area (Å²) in [7, 11) is 2.56. The van der Waals surface area contributed by atoms with Gasteiger partial charge in [0.25, 0.3) is 0 Å². The Morgan fingerprint density at radius 1 is 0.219 bits per heavy atom. The van der Waals surface area contributed by atoms with Crippen LogP contribution in [0.3, 0.4) is 0 Å². The van der Waals surface area contributed by atoms with Crippen LogP contribution in [0.2, 0.25) is 0 Å². The van der Waals surface area contributed by atoms with Crippen molar-refractivity contribution in [3.8, 4) is 0 Å². The van der Waals surface area contributed by atoms with E-state index in [2.05, 4.69) is 11.9 Å². The van der Waals surface area contributed by atoms with E-state index in [1.807, 2.05) is 33.4 Å². The van der Waals surface area contributed by atoms with Crippen molar-refractivity contribution in [2.24, 2.45) is 0 Å². The highest BCUT2D eigenvalue weighted by atomic mass is 15.2. The van der Waals surface area contributed by atoms with Crippen molar-refractivity contribution in [2.45, 2.75) is 22.7 Å². The molecule has 0 aromatic heterocycles. The van der Waals surface area contributed by atoms with Gasteiger partial charge in [0, 0.05) is 35.8 Å². The molecule has 0 bridgehead atoms. The highest BCUT2D eigenvalue weighted by Gasteiger charge is 2.78. The molecular weight excluding hydrogens is 771 g/mol. The third-order valence-electron chi connectivity index (χ3n) is 25.3. The van der Waals surface area contributed by atoms with Crippen molar-refractivity contribution >= 4 is 269 Å². The normalized spacial score (nSPS) is 26.8. The average molecular weight is 780 g/mol. The summed E-state index contributed by atoms with van der Waals surface area (Å²) in [5, 5.41) is 85.7. The largest absolute Gasteiger partial charge is 0.304 e. The summed E-state index contributed by atoms with van der Waals surface area (Å²) in [6.45, 7) is 2.37. The Bertz CT molecular complexity index is 6590. The molecule has 1 heterocycles. The smallest absolute Gasteiger partial charge is 0.0321 e. The Kier molecular flexibility index (Phi) is 1.76. The van der Waals surface area contributed by atoms with Crippen LogP contribution in [0.4, 0.5) is 0 Å². The first kappa shape index (κ1) is 22.9. The minimum atomic E-state index is 0.0163. The fraction of sp³-hybridized carbons (Fsp3) is 0.111. The second kappa shape index (κ2) is 4.93. The van der Waals surface area contributed by atoms with Crippen LogP contribution in [-0.4, -0.2) is 25.0 Å². The fourth-order valence-corrected chi connectivity index (χ4v) is 25.8. The molecule has 4 atom stereocenters. The zero-order valence-corrected chi connectivity index (χ0v) is 33.0. The van der Waals surface area contributed by atoms with Crippen LogP contribution in [0.25, 0.3) is 269 Å². The van der Waals surface area contributed by atoms with Gasteiger partial charge in [-0.05, 0) is 310 Å². The summed E-state index contributed by atoms with van der Waals surface area (Å²) in [5.41, 5.74) is 11.1. The maximum absolute atomic E-state index is 2.91. The van der Waals surface area contributed by atoms with Crippen molar-refractivity contribution < 1.29 is 0 Å². The molecule has 0 N–H and O–H groups in total. The number of rotatable bonds is 0. The van der Waals surface area contributed by atoms with Gasteiger partial charge >= 0.3 is 0 Å². The molecule has 1 fully saturated rings. The van der Waals surface area contributed by atoms with Gasteiger partial charge in [0.05, 0.1) is 0 Å². The van der Waals surface area contributed by atoms with Gasteiger partial charge in [-0.3, -0.25) is 0 Å². The van der Waals surface area contributed by atoms with Crippen LogP contribution in [-0.2, 0) is 10.8 Å². The van der Waals surface area contributed by atoms with Crippen LogP contribution in [0, 0.1) is 0 Å². The maximum Gasteiger partial charge on any atom is 0.0321 e. The Morgan fingerprint density at radius 2 is 0.391 bits per heavy atom. The lowest BCUT2D eigenvalue weighted by Crippen LogP contribution is -2.57. The van der Waals surface area contributed by atoms with Crippen LogP contribution >= 0.6 is 0 Å². The molecular formula is C63H9N. The summed E-state index contributed by atoms with van der Waals surface area (Å²) in [4.78, 5) is 2.91. The number of hydrogen-bond donors (Lipinski definition) is 0. The van der Waals surface area contributed by atoms with Crippen molar-refractivity contribution in [3.05, 3.63) is 33.4 Å². The van der Waals surface area contributed by atoms with E-state index >= 15 is 0 Å². The number of likely N-dealkylation sites (tertiary alicyclic amines) is 1. The summed E-state index contributed by atoms with van der Waals surface area (Å²) in [6.07, 6.45) is 0. The minimum Gasteiger partial charge on any atom is -0.304 e. The first-order valence-corrected chi connectivity index (χ1v) is 24.5. The number of benzene rings is 16. The molecule has 1 heteroatoms. The Morgan fingerprint density at radius 3 is 0.641 bits per heavy atom. The summed E-state index contributed by atoms with van der Waals surface area (Å²) >= 11 is 0. The molecule has 6 aliphatic carbocycles. The number of hydrogen-bond acceptors (Lipinski definition) is 1. The standard InChI is InChI=1S/C63H9N/c1-64-2-62-58-50-42-32-22-14-6-4-5-8-12-10(6)18-26-20(12)30-24-16(8)17-9(5)13-11-7(4)15(14)23-29-19(11)27-21(13)31-25(17)35-34(24)44-38(30)48-40(26)46(36(42)28(18)22)54(58)56(48)60-52(44)53-45(35)39(31)49-41(27)47-37(29)43(33(23)32)51(50)59(62)55(47)57(49)61(53)63(60,62)3-64/h58,60H,2-3H2,1H3. The number of nitrogens with zero attached hydrogens (tertiary/aromatic N) is 1. The van der Waals surface area contributed by atoms with E-state index in [-0.39, 0.29) is 10.8 Å². The van der Waals surface area contributed by atoms with Gasteiger partial charge in [0.1, 0.15) is 0 Å². The van der Waals surface area contributed by atoms with E-state index in [0.717, 1.165) is 0 Å². The van der Waals surface area contributed by atoms with Crippen molar-refractivity contribution in [3.63, 3.8) is 0 Å². The molecule has 26 aromatic carbocycles. The van der Waals surface area contributed by atoms with Gasteiger partial charge < -0.3 is 4.90 Å². The second-order valence-electron chi connectivity index (χ2n) is 25.1. The molecule has 0 saturated carbocycles. The highest BCUT2D eigenvalue weighted by molar-refractivity contribution is 6.80. The van der Waals surface area contributed by atoms with Crippen molar-refractivity contribution in [2.75, 3.05) is 20.1 Å². The van der Waals surface area contributed by atoms with Crippen molar-refractivity contribution in [1.29, 1.82) is 0 Å². The Labute approximate surface area is 348 Å². The second-order valence-corrected chi connectivity index (χ2v) is 25.1. The van der Waals surface area contributed by atoms with E-state index in [0.29, 0.717) is 11.8 Å². The average Bonchev–Trinajstić information content (AvgIpc) is 4.13. The molecule has 4 unspecified atom stereocenters. The van der Waals surface area contributed by atoms with Crippen LogP contribution in [0.5, 0.6) is 0 Å². The Balaban J connectivity index is 1.27. The van der Waals surface area contributed by atoms with Gasteiger partial charge in [0.2, 0.25) is 0 Å². The van der Waals surface area contributed by atoms with Gasteiger partial charge in [-0.2, -0.15) is 0 Å². The van der Waals surface area contributed by atoms with E-state index in [1.165, 1.54) is 13.1 Å². The molecule has 33 rings (SSSR count). The van der Waals surface area contributed by atoms with E-state index in [1.54, 1.807) is 269 Å². The lowest BCUT2D eigenvalue weighted by atomic mass is 9.44. The van der Waals surface area contributed by atoms with E-state index in [9.17, 15) is 0 Å². The first-order valence-electron chi connectivity index (χ1n) is 24.5. The molecule has 1 nitrogen and oxygen atoms in total. The monoisotopic (exact) mass is 779 g/mol. The molecule has 7 aliphatic rings.